The SMILES string of the molecule is CC(C)(CNC(=O)c1ccc[nH]c1=O)N1CCCCC1. The summed E-state index contributed by atoms with van der Waals surface area (Å²) in [6.07, 6.45) is 5.25. The lowest BCUT2D eigenvalue weighted by molar-refractivity contribution is 0.0796. The van der Waals surface area contributed by atoms with Gasteiger partial charge in [-0.05, 0) is 51.9 Å². The van der Waals surface area contributed by atoms with E-state index in [0.717, 1.165) is 13.1 Å². The van der Waals surface area contributed by atoms with Gasteiger partial charge in [0.2, 0.25) is 0 Å². The minimum atomic E-state index is -0.347. The molecule has 1 saturated heterocycles. The molecule has 1 amide bonds. The van der Waals surface area contributed by atoms with Crippen molar-refractivity contribution in [1.29, 1.82) is 0 Å². The van der Waals surface area contributed by atoms with Crippen LogP contribution in [0.4, 0.5) is 0 Å². The van der Waals surface area contributed by atoms with Gasteiger partial charge in [-0.15, -0.1) is 0 Å². The van der Waals surface area contributed by atoms with E-state index in [1.165, 1.54) is 25.5 Å². The number of nitrogens with zero attached hydrogens (tertiary/aromatic N) is 1. The summed E-state index contributed by atoms with van der Waals surface area (Å²) in [5, 5.41) is 2.88. The number of hydrogen-bond donors (Lipinski definition) is 2. The van der Waals surface area contributed by atoms with Gasteiger partial charge in [-0.2, -0.15) is 0 Å². The summed E-state index contributed by atoms with van der Waals surface area (Å²) < 4.78 is 0. The lowest BCUT2D eigenvalue weighted by atomic mass is 9.98. The molecule has 0 aliphatic carbocycles. The lowest BCUT2D eigenvalue weighted by Gasteiger charge is -2.41. The second-order valence-corrected chi connectivity index (χ2v) is 5.96. The molecular formula is C15H23N3O2. The van der Waals surface area contributed by atoms with E-state index in [2.05, 4.69) is 29.0 Å². The molecule has 0 saturated carbocycles. The maximum atomic E-state index is 12.0. The quantitative estimate of drug-likeness (QED) is 0.873. The van der Waals surface area contributed by atoms with Crippen LogP contribution in [-0.4, -0.2) is 41.0 Å². The molecule has 1 aromatic heterocycles. The number of carbonyl (C=O) groups is 1. The van der Waals surface area contributed by atoms with Crippen molar-refractivity contribution in [1.82, 2.24) is 15.2 Å². The van der Waals surface area contributed by atoms with Gasteiger partial charge in [0.1, 0.15) is 5.56 Å². The Hall–Kier alpha value is -1.62. The van der Waals surface area contributed by atoms with E-state index in [1.54, 1.807) is 12.1 Å². The molecule has 1 aliphatic heterocycles. The molecule has 0 aromatic carbocycles. The van der Waals surface area contributed by atoms with Crippen LogP contribution in [0.2, 0.25) is 0 Å². The van der Waals surface area contributed by atoms with E-state index in [4.69, 9.17) is 0 Å². The fraction of sp³-hybridized carbons (Fsp3) is 0.600. The Kier molecular flexibility index (Phi) is 4.60. The number of nitrogens with one attached hydrogen (secondary N) is 2. The minimum Gasteiger partial charge on any atom is -0.350 e. The Labute approximate surface area is 119 Å². The Morgan fingerprint density at radius 1 is 1.35 bits per heavy atom. The molecule has 0 unspecified atom stereocenters. The van der Waals surface area contributed by atoms with Crippen LogP contribution in [0.1, 0.15) is 43.5 Å². The van der Waals surface area contributed by atoms with Crippen molar-refractivity contribution in [3.63, 3.8) is 0 Å². The molecule has 0 spiro atoms. The van der Waals surface area contributed by atoms with Gasteiger partial charge in [0, 0.05) is 18.3 Å². The Bertz CT molecular complexity index is 516. The monoisotopic (exact) mass is 277 g/mol. The van der Waals surface area contributed by atoms with Gasteiger partial charge in [0.05, 0.1) is 0 Å². The number of amides is 1. The van der Waals surface area contributed by atoms with Crippen LogP contribution < -0.4 is 10.9 Å². The molecular weight excluding hydrogens is 254 g/mol. The van der Waals surface area contributed by atoms with Gasteiger partial charge < -0.3 is 10.3 Å². The van der Waals surface area contributed by atoms with Crippen LogP contribution in [0, 0.1) is 0 Å². The smallest absolute Gasteiger partial charge is 0.260 e. The van der Waals surface area contributed by atoms with Gasteiger partial charge in [0.25, 0.3) is 11.5 Å². The van der Waals surface area contributed by atoms with Gasteiger partial charge in [-0.25, -0.2) is 0 Å². The number of piperidine rings is 1. The fourth-order valence-corrected chi connectivity index (χ4v) is 2.60. The summed E-state index contributed by atoms with van der Waals surface area (Å²) >= 11 is 0. The van der Waals surface area contributed by atoms with Crippen LogP contribution in [0.15, 0.2) is 23.1 Å². The highest BCUT2D eigenvalue weighted by Crippen LogP contribution is 2.19. The molecule has 1 aliphatic rings. The predicted molar refractivity (Wildman–Crippen MR) is 78.9 cm³/mol. The highest BCUT2D eigenvalue weighted by molar-refractivity contribution is 5.93. The second-order valence-electron chi connectivity index (χ2n) is 5.96. The third kappa shape index (κ3) is 3.48. The topological polar surface area (TPSA) is 65.2 Å². The number of H-pyrrole nitrogens is 1. The first-order chi connectivity index (χ1) is 9.50. The average molecular weight is 277 g/mol. The van der Waals surface area contributed by atoms with E-state index < -0.39 is 0 Å². The minimum absolute atomic E-state index is 0.0857. The van der Waals surface area contributed by atoms with Crippen molar-refractivity contribution in [2.75, 3.05) is 19.6 Å². The highest BCUT2D eigenvalue weighted by atomic mass is 16.2. The van der Waals surface area contributed by atoms with E-state index in [9.17, 15) is 9.59 Å². The average Bonchev–Trinajstić information content (AvgIpc) is 2.46. The maximum Gasteiger partial charge on any atom is 0.260 e. The van der Waals surface area contributed by atoms with Crippen molar-refractivity contribution in [2.24, 2.45) is 0 Å². The van der Waals surface area contributed by atoms with Crippen molar-refractivity contribution in [2.45, 2.75) is 38.6 Å². The molecule has 0 atom stereocenters. The molecule has 110 valence electrons. The van der Waals surface area contributed by atoms with Crippen LogP contribution in [-0.2, 0) is 0 Å². The number of hydrogen-bond acceptors (Lipinski definition) is 3. The first-order valence-corrected chi connectivity index (χ1v) is 7.22. The van der Waals surface area contributed by atoms with Gasteiger partial charge in [-0.3, -0.25) is 14.5 Å². The number of aromatic nitrogens is 1. The maximum absolute atomic E-state index is 12.0. The molecule has 0 bridgehead atoms. The highest BCUT2D eigenvalue weighted by Gasteiger charge is 2.28. The summed E-state index contributed by atoms with van der Waals surface area (Å²) in [4.78, 5) is 28.5. The van der Waals surface area contributed by atoms with E-state index in [1.807, 2.05) is 0 Å². The molecule has 1 aromatic rings. The zero-order valence-electron chi connectivity index (χ0n) is 12.2. The molecule has 1 fully saturated rings. The summed E-state index contributed by atoms with van der Waals surface area (Å²) in [6.45, 7) is 6.96. The van der Waals surface area contributed by atoms with Crippen LogP contribution >= 0.6 is 0 Å². The number of likely N-dealkylation sites (tertiary alicyclic amines) is 1. The van der Waals surface area contributed by atoms with Gasteiger partial charge in [0.15, 0.2) is 0 Å². The molecule has 2 heterocycles. The molecule has 0 radical (unpaired) electrons. The number of aromatic amines is 1. The van der Waals surface area contributed by atoms with Crippen LogP contribution in [0.5, 0.6) is 0 Å². The second kappa shape index (κ2) is 6.22. The van der Waals surface area contributed by atoms with Gasteiger partial charge in [-0.1, -0.05) is 6.42 Å². The van der Waals surface area contributed by atoms with Gasteiger partial charge >= 0.3 is 0 Å². The standard InChI is InChI=1S/C15H23N3O2/c1-15(2,18-9-4-3-5-10-18)11-17-14(20)12-7-6-8-16-13(12)19/h6-8H,3-5,9-11H2,1-2H3,(H,16,19)(H,17,20). The molecule has 2 N–H and O–H groups in total. The summed E-state index contributed by atoms with van der Waals surface area (Å²) in [5.74, 6) is -0.308. The number of rotatable bonds is 4. The predicted octanol–water partition coefficient (Wildman–Crippen LogP) is 1.37. The number of carbonyl (C=O) groups excluding carboxylic acids is 1. The summed E-state index contributed by atoms with van der Waals surface area (Å²) in [5.41, 5.74) is -0.264. The lowest BCUT2D eigenvalue weighted by Crippen LogP contribution is -2.53. The van der Waals surface area contributed by atoms with E-state index in [0.29, 0.717) is 6.54 Å². The van der Waals surface area contributed by atoms with Crippen molar-refractivity contribution in [3.8, 4) is 0 Å². The Morgan fingerprint density at radius 3 is 2.70 bits per heavy atom. The van der Waals surface area contributed by atoms with E-state index >= 15 is 0 Å². The number of pyridine rings is 1. The zero-order chi connectivity index (χ0) is 14.6. The molecule has 5 heteroatoms. The molecule has 2 rings (SSSR count). The third-order valence-corrected chi connectivity index (χ3v) is 3.96. The van der Waals surface area contributed by atoms with Crippen molar-refractivity contribution < 1.29 is 4.79 Å². The Morgan fingerprint density at radius 2 is 2.05 bits per heavy atom. The largest absolute Gasteiger partial charge is 0.350 e. The van der Waals surface area contributed by atoms with Crippen molar-refractivity contribution >= 4 is 5.91 Å². The molecule has 5 nitrogen and oxygen atoms in total. The first kappa shape index (κ1) is 14.8. The molecule has 20 heavy (non-hydrogen) atoms. The first-order valence-electron chi connectivity index (χ1n) is 7.22. The summed E-state index contributed by atoms with van der Waals surface area (Å²) in [7, 11) is 0. The third-order valence-electron chi connectivity index (χ3n) is 3.96. The summed E-state index contributed by atoms with van der Waals surface area (Å²) in [6, 6.07) is 3.20. The van der Waals surface area contributed by atoms with Crippen LogP contribution in [0.3, 0.4) is 0 Å². The van der Waals surface area contributed by atoms with Crippen molar-refractivity contribution in [3.05, 3.63) is 34.2 Å². The fourth-order valence-electron chi connectivity index (χ4n) is 2.60. The Balaban J connectivity index is 1.95. The zero-order valence-corrected chi connectivity index (χ0v) is 12.2. The van der Waals surface area contributed by atoms with E-state index in [-0.39, 0.29) is 22.6 Å². The normalized spacial score (nSPS) is 16.9. The van der Waals surface area contributed by atoms with Crippen LogP contribution in [0.25, 0.3) is 0 Å².